The summed E-state index contributed by atoms with van der Waals surface area (Å²) < 4.78 is 11.6. The van der Waals surface area contributed by atoms with Gasteiger partial charge in [-0.15, -0.1) is 0 Å². The minimum Gasteiger partial charge on any atom is -0.478 e. The van der Waals surface area contributed by atoms with Crippen LogP contribution in [0, 0.1) is 6.92 Å². The predicted octanol–water partition coefficient (Wildman–Crippen LogP) is 3.56. The van der Waals surface area contributed by atoms with Gasteiger partial charge in [-0.25, -0.2) is 4.79 Å². The van der Waals surface area contributed by atoms with Crippen LogP contribution in [0.25, 0.3) is 11.0 Å². The summed E-state index contributed by atoms with van der Waals surface area (Å²) in [6.07, 6.45) is 2.12. The molecule has 0 aliphatic carbocycles. The van der Waals surface area contributed by atoms with Gasteiger partial charge < -0.3 is 14.5 Å². The zero-order valence-electron chi connectivity index (χ0n) is 16.3. The number of nitrogens with one attached hydrogen (secondary N) is 1. The van der Waals surface area contributed by atoms with E-state index in [-0.39, 0.29) is 16.7 Å². The molecule has 1 aromatic carbocycles. The number of ether oxygens (including phenoxy) is 1. The summed E-state index contributed by atoms with van der Waals surface area (Å²) >= 11 is 0. The Morgan fingerprint density at radius 3 is 2.54 bits per heavy atom. The summed E-state index contributed by atoms with van der Waals surface area (Å²) in [5.74, 6) is 0.829. The first kappa shape index (κ1) is 17.6. The van der Waals surface area contributed by atoms with Gasteiger partial charge in [-0.3, -0.25) is 4.90 Å². The quantitative estimate of drug-likeness (QED) is 0.792. The van der Waals surface area contributed by atoms with E-state index in [1.54, 1.807) is 6.07 Å². The van der Waals surface area contributed by atoms with Gasteiger partial charge in [0.2, 0.25) is 0 Å². The van der Waals surface area contributed by atoms with Crippen LogP contribution in [-0.2, 0) is 6.54 Å². The molecule has 26 heavy (non-hydrogen) atoms. The van der Waals surface area contributed by atoms with E-state index < -0.39 is 0 Å². The van der Waals surface area contributed by atoms with Gasteiger partial charge in [0, 0.05) is 35.1 Å². The Hall–Kier alpha value is -1.85. The van der Waals surface area contributed by atoms with Crippen LogP contribution >= 0.6 is 0 Å². The molecule has 1 fully saturated rings. The van der Waals surface area contributed by atoms with Gasteiger partial charge in [-0.1, -0.05) is 0 Å². The van der Waals surface area contributed by atoms with Crippen molar-refractivity contribution in [3.63, 3.8) is 0 Å². The third-order valence-electron chi connectivity index (χ3n) is 5.61. The summed E-state index contributed by atoms with van der Waals surface area (Å²) in [6.45, 7) is 12.3. The Kier molecular flexibility index (Phi) is 3.93. The number of hydrogen-bond acceptors (Lipinski definition) is 5. The lowest BCUT2D eigenvalue weighted by atomic mass is 9.79. The van der Waals surface area contributed by atoms with Crippen LogP contribution in [0.2, 0.25) is 0 Å². The highest BCUT2D eigenvalue weighted by Crippen LogP contribution is 2.37. The van der Waals surface area contributed by atoms with Gasteiger partial charge in [0.25, 0.3) is 0 Å². The lowest BCUT2D eigenvalue weighted by molar-refractivity contribution is 0.00316. The Balaban J connectivity index is 1.71. The summed E-state index contributed by atoms with van der Waals surface area (Å²) in [6, 6.07) is 5.95. The van der Waals surface area contributed by atoms with Gasteiger partial charge in [-0.05, 0) is 65.2 Å². The Morgan fingerprint density at radius 1 is 1.15 bits per heavy atom. The molecule has 4 rings (SSSR count). The van der Waals surface area contributed by atoms with Crippen LogP contribution < -0.4 is 15.7 Å². The average Bonchev–Trinajstić information content (AvgIpc) is 2.51. The van der Waals surface area contributed by atoms with Crippen molar-refractivity contribution in [1.82, 2.24) is 10.2 Å². The molecule has 1 saturated heterocycles. The molecule has 5 heteroatoms. The molecule has 0 unspecified atom stereocenters. The average molecular weight is 356 g/mol. The first-order valence-corrected chi connectivity index (χ1v) is 9.36. The molecular formula is C21H28N2O3. The minimum atomic E-state index is -0.301. The van der Waals surface area contributed by atoms with E-state index in [1.165, 1.54) is 0 Å². The zero-order chi connectivity index (χ0) is 18.7. The van der Waals surface area contributed by atoms with Crippen LogP contribution in [0.1, 0.15) is 51.7 Å². The van der Waals surface area contributed by atoms with E-state index in [2.05, 4.69) is 37.9 Å². The third kappa shape index (κ3) is 3.14. The van der Waals surface area contributed by atoms with E-state index in [0.29, 0.717) is 18.4 Å². The number of rotatable bonds is 1. The van der Waals surface area contributed by atoms with Gasteiger partial charge in [0.05, 0.1) is 5.56 Å². The summed E-state index contributed by atoms with van der Waals surface area (Å²) in [5.41, 5.74) is 2.46. The molecule has 1 aromatic heterocycles. The van der Waals surface area contributed by atoms with E-state index in [1.807, 2.05) is 19.1 Å². The van der Waals surface area contributed by atoms with Crippen LogP contribution in [0.3, 0.4) is 0 Å². The molecule has 0 atom stereocenters. The second kappa shape index (κ2) is 5.83. The third-order valence-corrected chi connectivity index (χ3v) is 5.61. The smallest absolute Gasteiger partial charge is 0.336 e. The molecule has 3 heterocycles. The number of nitrogens with zero attached hydrogens (tertiary/aromatic N) is 1. The molecule has 0 spiro atoms. The minimum absolute atomic E-state index is 0.0780. The van der Waals surface area contributed by atoms with Gasteiger partial charge in [0.15, 0.2) is 0 Å². The highest BCUT2D eigenvalue weighted by atomic mass is 16.5. The van der Waals surface area contributed by atoms with Gasteiger partial charge >= 0.3 is 5.63 Å². The molecule has 2 aromatic rings. The van der Waals surface area contributed by atoms with Gasteiger partial charge in [0.1, 0.15) is 18.1 Å². The molecule has 0 radical (unpaired) electrons. The molecule has 0 saturated carbocycles. The van der Waals surface area contributed by atoms with Crippen molar-refractivity contribution < 1.29 is 9.15 Å². The lowest BCUT2D eigenvalue weighted by Gasteiger charge is -2.50. The highest BCUT2D eigenvalue weighted by Gasteiger charge is 2.41. The number of benzene rings is 1. The SMILES string of the molecule is Cc1cc(=O)oc2c3c(ccc12)OCN(C1CC(C)(C)NC(C)(C)C1)C3. The fraction of sp³-hybridized carbons (Fsp3) is 0.571. The van der Waals surface area contributed by atoms with Crippen molar-refractivity contribution in [2.24, 2.45) is 0 Å². The first-order chi connectivity index (χ1) is 12.1. The van der Waals surface area contributed by atoms with Gasteiger partial charge in [-0.2, -0.15) is 0 Å². The monoisotopic (exact) mass is 356 g/mol. The number of aryl methyl sites for hydroxylation is 1. The highest BCUT2D eigenvalue weighted by molar-refractivity contribution is 5.85. The molecule has 0 amide bonds. The zero-order valence-corrected chi connectivity index (χ0v) is 16.3. The maximum Gasteiger partial charge on any atom is 0.336 e. The Morgan fingerprint density at radius 2 is 1.85 bits per heavy atom. The van der Waals surface area contributed by atoms with Crippen LogP contribution in [0.5, 0.6) is 5.75 Å². The summed E-state index contributed by atoms with van der Waals surface area (Å²) in [4.78, 5) is 14.3. The Bertz CT molecular complexity index is 897. The summed E-state index contributed by atoms with van der Waals surface area (Å²) in [5, 5.41) is 4.72. The molecular weight excluding hydrogens is 328 g/mol. The van der Waals surface area contributed by atoms with Crippen molar-refractivity contribution in [2.45, 2.75) is 71.1 Å². The van der Waals surface area contributed by atoms with Crippen LogP contribution in [-0.4, -0.2) is 28.8 Å². The van der Waals surface area contributed by atoms with E-state index in [0.717, 1.165) is 41.6 Å². The second-order valence-corrected chi connectivity index (χ2v) is 9.14. The maximum atomic E-state index is 11.9. The molecule has 5 nitrogen and oxygen atoms in total. The number of piperidine rings is 1. The molecule has 140 valence electrons. The molecule has 0 bridgehead atoms. The van der Waals surface area contributed by atoms with Crippen molar-refractivity contribution in [3.8, 4) is 5.75 Å². The van der Waals surface area contributed by atoms with Crippen molar-refractivity contribution in [3.05, 3.63) is 39.7 Å². The lowest BCUT2D eigenvalue weighted by Crippen LogP contribution is -2.62. The molecule has 2 aliphatic rings. The van der Waals surface area contributed by atoms with Crippen LogP contribution in [0.15, 0.2) is 27.4 Å². The van der Waals surface area contributed by atoms with E-state index >= 15 is 0 Å². The first-order valence-electron chi connectivity index (χ1n) is 9.36. The topological polar surface area (TPSA) is 54.7 Å². The van der Waals surface area contributed by atoms with E-state index in [4.69, 9.17) is 9.15 Å². The predicted molar refractivity (Wildman–Crippen MR) is 103 cm³/mol. The van der Waals surface area contributed by atoms with Crippen LogP contribution in [0.4, 0.5) is 0 Å². The second-order valence-electron chi connectivity index (χ2n) is 9.14. The fourth-order valence-corrected chi connectivity index (χ4v) is 4.87. The largest absolute Gasteiger partial charge is 0.478 e. The fourth-order valence-electron chi connectivity index (χ4n) is 4.87. The standard InChI is InChI=1S/C21H28N2O3/c1-13-8-18(24)26-19-15(13)6-7-17-16(19)11-23(12-25-17)14-9-20(2,3)22-21(4,5)10-14/h6-8,14,22H,9-12H2,1-5H3. The van der Waals surface area contributed by atoms with Crippen molar-refractivity contribution in [2.75, 3.05) is 6.73 Å². The van der Waals surface area contributed by atoms with Crippen molar-refractivity contribution >= 4 is 11.0 Å². The summed E-state index contributed by atoms with van der Waals surface area (Å²) in [7, 11) is 0. The molecule has 2 aliphatic heterocycles. The molecule has 1 N–H and O–H groups in total. The Labute approximate surface area is 154 Å². The normalized spacial score (nSPS) is 22.8. The number of hydrogen-bond donors (Lipinski definition) is 1. The maximum absolute atomic E-state index is 11.9. The van der Waals surface area contributed by atoms with E-state index in [9.17, 15) is 4.79 Å². The van der Waals surface area contributed by atoms with Crippen molar-refractivity contribution in [1.29, 1.82) is 0 Å². The number of fused-ring (bicyclic) bond motifs is 3.